The number of hydrogen-bond acceptors (Lipinski definition) is 6. The van der Waals surface area contributed by atoms with Crippen molar-refractivity contribution in [3.63, 3.8) is 0 Å². The minimum Gasteiger partial charge on any atom is -0.210 e. The predicted molar refractivity (Wildman–Crippen MR) is 126 cm³/mol. The molecule has 0 fully saturated rings. The monoisotopic (exact) mass is 485 g/mol. The van der Waals surface area contributed by atoms with Crippen LogP contribution < -0.4 is 4.72 Å². The molecule has 0 aliphatic rings. The molecule has 0 radical (unpaired) electrons. The topological polar surface area (TPSA) is 89.8 Å². The van der Waals surface area contributed by atoms with E-state index in [2.05, 4.69) is 20.2 Å². The van der Waals surface area contributed by atoms with Crippen molar-refractivity contribution >= 4 is 33.4 Å². The number of tetrazole rings is 1. The largest absolute Gasteiger partial charge is 0.240 e. The van der Waals surface area contributed by atoms with Gasteiger partial charge in [0.1, 0.15) is 0 Å². The Bertz CT molecular complexity index is 1300. The fourth-order valence-electron chi connectivity index (χ4n) is 3.03. The van der Waals surface area contributed by atoms with Gasteiger partial charge in [0, 0.05) is 11.6 Å². The van der Waals surface area contributed by atoms with Gasteiger partial charge in [0.25, 0.3) is 0 Å². The molecule has 4 rings (SSSR count). The van der Waals surface area contributed by atoms with E-state index in [1.807, 2.05) is 49.4 Å². The molecule has 0 aliphatic heterocycles. The van der Waals surface area contributed by atoms with E-state index in [0.717, 1.165) is 16.8 Å². The highest BCUT2D eigenvalue weighted by Crippen LogP contribution is 2.34. The van der Waals surface area contributed by atoms with Crippen molar-refractivity contribution in [3.8, 4) is 5.69 Å². The second-order valence-electron chi connectivity index (χ2n) is 7.04. The lowest BCUT2D eigenvalue weighted by atomic mass is 10.1. The highest BCUT2D eigenvalue weighted by molar-refractivity contribution is 7.99. The number of aryl methyl sites for hydroxylation is 1. The first kappa shape index (κ1) is 22.5. The third-order valence-corrected chi connectivity index (χ3v) is 7.57. The molecular weight excluding hydrogens is 466 g/mol. The lowest BCUT2D eigenvalue weighted by Crippen LogP contribution is -2.28. The van der Waals surface area contributed by atoms with Crippen LogP contribution in [0.5, 0.6) is 0 Å². The number of nitrogens with one attached hydrogen (secondary N) is 1. The lowest BCUT2D eigenvalue weighted by molar-refractivity contribution is 0.581. The SMILES string of the molecule is Cc1ccc(S(=O)(=O)NCC(Sc2nnnn2-c2cccc(Cl)c2)c2ccccc2)cc1. The number of hydrogen-bond donors (Lipinski definition) is 1. The van der Waals surface area contributed by atoms with Gasteiger partial charge >= 0.3 is 0 Å². The second-order valence-corrected chi connectivity index (χ2v) is 10.4. The number of rotatable bonds is 8. The summed E-state index contributed by atoms with van der Waals surface area (Å²) in [6, 6.07) is 23.6. The summed E-state index contributed by atoms with van der Waals surface area (Å²) in [4.78, 5) is 0.226. The summed E-state index contributed by atoms with van der Waals surface area (Å²) in [5, 5.41) is 12.8. The molecule has 1 N–H and O–H groups in total. The Labute approximate surface area is 195 Å². The van der Waals surface area contributed by atoms with E-state index in [4.69, 9.17) is 11.6 Å². The normalized spacial score (nSPS) is 12.6. The Morgan fingerprint density at radius 2 is 1.78 bits per heavy atom. The van der Waals surface area contributed by atoms with E-state index in [-0.39, 0.29) is 16.7 Å². The molecule has 32 heavy (non-hydrogen) atoms. The first-order valence-electron chi connectivity index (χ1n) is 9.75. The first-order valence-corrected chi connectivity index (χ1v) is 12.5. The van der Waals surface area contributed by atoms with Crippen LogP contribution in [0.4, 0.5) is 0 Å². The summed E-state index contributed by atoms with van der Waals surface area (Å²) in [6.07, 6.45) is 0. The van der Waals surface area contributed by atoms with E-state index in [0.29, 0.717) is 10.2 Å². The Hall–Kier alpha value is -2.72. The van der Waals surface area contributed by atoms with Crippen molar-refractivity contribution in [1.29, 1.82) is 0 Å². The number of nitrogens with zero attached hydrogens (tertiary/aromatic N) is 4. The fourth-order valence-corrected chi connectivity index (χ4v) is 5.41. The molecule has 7 nitrogen and oxygen atoms in total. The molecule has 3 aromatic carbocycles. The second kappa shape index (κ2) is 9.83. The van der Waals surface area contributed by atoms with E-state index >= 15 is 0 Å². The molecule has 0 bridgehead atoms. The van der Waals surface area contributed by atoms with Crippen molar-refractivity contribution in [3.05, 3.63) is 95.0 Å². The molecule has 1 aromatic heterocycles. The molecule has 164 valence electrons. The maximum Gasteiger partial charge on any atom is 0.240 e. The number of sulfonamides is 1. The van der Waals surface area contributed by atoms with Gasteiger partial charge in [-0.3, -0.25) is 0 Å². The van der Waals surface area contributed by atoms with Gasteiger partial charge in [-0.25, -0.2) is 13.1 Å². The molecule has 1 atom stereocenters. The van der Waals surface area contributed by atoms with E-state index in [1.54, 1.807) is 41.1 Å². The summed E-state index contributed by atoms with van der Waals surface area (Å²) >= 11 is 7.49. The fraction of sp³-hybridized carbons (Fsp3) is 0.136. The maximum absolute atomic E-state index is 12.8. The summed E-state index contributed by atoms with van der Waals surface area (Å²) in [5.41, 5.74) is 2.66. The lowest BCUT2D eigenvalue weighted by Gasteiger charge is -2.17. The molecule has 0 amide bonds. The van der Waals surface area contributed by atoms with Crippen LogP contribution in [0.2, 0.25) is 5.02 Å². The minimum atomic E-state index is -3.67. The van der Waals surface area contributed by atoms with Crippen molar-refractivity contribution in [1.82, 2.24) is 24.9 Å². The third-order valence-electron chi connectivity index (χ3n) is 4.70. The van der Waals surface area contributed by atoms with Gasteiger partial charge in [-0.1, -0.05) is 77.5 Å². The van der Waals surface area contributed by atoms with Gasteiger partial charge in [-0.05, 0) is 53.2 Å². The summed E-state index contributed by atoms with van der Waals surface area (Å²) in [5.74, 6) is 0. The number of benzene rings is 3. The van der Waals surface area contributed by atoms with Gasteiger partial charge in [-0.2, -0.15) is 4.68 Å². The van der Waals surface area contributed by atoms with E-state index < -0.39 is 10.0 Å². The van der Waals surface area contributed by atoms with Crippen LogP contribution in [0.15, 0.2) is 88.9 Å². The summed E-state index contributed by atoms with van der Waals surface area (Å²) < 4.78 is 30.0. The highest BCUT2D eigenvalue weighted by Gasteiger charge is 2.22. The van der Waals surface area contributed by atoms with Gasteiger partial charge in [0.15, 0.2) is 0 Å². The number of halogens is 1. The zero-order chi connectivity index (χ0) is 22.6. The van der Waals surface area contributed by atoms with Crippen LogP contribution >= 0.6 is 23.4 Å². The van der Waals surface area contributed by atoms with Crippen LogP contribution in [0, 0.1) is 6.92 Å². The number of thioether (sulfide) groups is 1. The van der Waals surface area contributed by atoms with Crippen molar-refractivity contribution in [2.45, 2.75) is 22.2 Å². The molecule has 0 saturated carbocycles. The van der Waals surface area contributed by atoms with Gasteiger partial charge in [0.2, 0.25) is 15.2 Å². The molecule has 0 aliphatic carbocycles. The van der Waals surface area contributed by atoms with Gasteiger partial charge in [-0.15, -0.1) is 5.10 Å². The van der Waals surface area contributed by atoms with E-state index in [1.165, 1.54) is 11.8 Å². The molecule has 0 saturated heterocycles. The van der Waals surface area contributed by atoms with E-state index in [9.17, 15) is 8.42 Å². The van der Waals surface area contributed by atoms with Crippen molar-refractivity contribution in [2.75, 3.05) is 6.54 Å². The standard InChI is InChI=1S/C22H20ClN5O2S2/c1-16-10-12-20(13-11-16)32(29,30)24-15-21(17-6-3-2-4-7-17)31-22-25-26-27-28(22)19-9-5-8-18(23)14-19/h2-14,21,24H,15H2,1H3. The summed E-state index contributed by atoms with van der Waals surface area (Å²) in [7, 11) is -3.67. The third kappa shape index (κ3) is 5.36. The average molecular weight is 486 g/mol. The van der Waals surface area contributed by atoms with Crippen LogP contribution in [-0.2, 0) is 10.0 Å². The quantitative estimate of drug-likeness (QED) is 0.371. The average Bonchev–Trinajstić information content (AvgIpc) is 3.26. The van der Waals surface area contributed by atoms with Crippen molar-refractivity contribution < 1.29 is 8.42 Å². The Morgan fingerprint density at radius 1 is 1.03 bits per heavy atom. The molecule has 0 spiro atoms. The smallest absolute Gasteiger partial charge is 0.210 e. The Morgan fingerprint density at radius 3 is 2.50 bits per heavy atom. The predicted octanol–water partition coefficient (Wildman–Crippen LogP) is 4.44. The first-order chi connectivity index (χ1) is 15.4. The molecule has 1 heterocycles. The molecule has 1 unspecified atom stereocenters. The Balaban J connectivity index is 1.59. The number of aromatic nitrogens is 4. The molecular formula is C22H20ClN5O2S2. The minimum absolute atomic E-state index is 0.160. The Kier molecular flexibility index (Phi) is 6.90. The van der Waals surface area contributed by atoms with Crippen molar-refractivity contribution in [2.24, 2.45) is 0 Å². The molecule has 4 aromatic rings. The molecule has 10 heteroatoms. The van der Waals surface area contributed by atoms with Gasteiger partial charge < -0.3 is 0 Å². The van der Waals surface area contributed by atoms with Crippen LogP contribution in [0.25, 0.3) is 5.69 Å². The summed E-state index contributed by atoms with van der Waals surface area (Å²) in [6.45, 7) is 2.07. The van der Waals surface area contributed by atoms with Crippen LogP contribution in [0.1, 0.15) is 16.4 Å². The van der Waals surface area contributed by atoms with Crippen LogP contribution in [-0.4, -0.2) is 35.2 Å². The zero-order valence-corrected chi connectivity index (χ0v) is 19.5. The van der Waals surface area contributed by atoms with Crippen LogP contribution in [0.3, 0.4) is 0 Å². The van der Waals surface area contributed by atoms with Gasteiger partial charge in [0.05, 0.1) is 15.8 Å². The maximum atomic E-state index is 12.8. The highest BCUT2D eigenvalue weighted by atomic mass is 35.5. The zero-order valence-electron chi connectivity index (χ0n) is 17.1.